The molecule has 12 aliphatic carbocycles. The smallest absolute Gasteiger partial charge is 0.369 e. The van der Waals surface area contributed by atoms with Gasteiger partial charge in [0.25, 0.3) is 0 Å². The highest BCUT2D eigenvalue weighted by atomic mass is 32.2. The lowest BCUT2D eigenvalue weighted by Gasteiger charge is -2.63. The molecule has 22 unspecified atom stereocenters. The molecule has 21 aliphatic rings. The Labute approximate surface area is 757 Å². The van der Waals surface area contributed by atoms with Gasteiger partial charge in [-0.15, -0.1) is 0 Å². The van der Waals surface area contributed by atoms with Crippen LogP contribution in [0.1, 0.15) is 236 Å². The predicted molar refractivity (Wildman–Crippen MR) is 421 cm³/mol. The van der Waals surface area contributed by atoms with E-state index in [1.807, 2.05) is 41.5 Å². The number of esters is 12. The number of carbonyl (C=O) groups is 12. The van der Waals surface area contributed by atoms with Crippen molar-refractivity contribution in [1.29, 1.82) is 0 Å². The number of fused-ring (bicyclic) bond motifs is 3. The molecule has 9 heterocycles. The summed E-state index contributed by atoms with van der Waals surface area (Å²) in [5, 5.41) is -14.6. The lowest BCUT2D eigenvalue weighted by atomic mass is 9.44. The zero-order chi connectivity index (χ0) is 95.9. The normalized spacial score (nSPS) is 39.6. The molecule has 738 valence electrons. The molecule has 18 bridgehead atoms. The zero-order valence-corrected chi connectivity index (χ0v) is 76.6. The minimum atomic E-state index is -6.09. The van der Waals surface area contributed by atoms with E-state index in [4.69, 9.17) is 56.8 Å². The Hall–Kier alpha value is -7.17. The van der Waals surface area contributed by atoms with Crippen LogP contribution in [0.15, 0.2) is 0 Å². The Kier molecular flexibility index (Phi) is 25.6. The molecule has 132 heavy (non-hydrogen) atoms. The van der Waals surface area contributed by atoms with Gasteiger partial charge in [-0.1, -0.05) is 20.8 Å². The molecule has 36 nitrogen and oxygen atoms in total. The average molecular weight is 1940 g/mol. The summed E-state index contributed by atoms with van der Waals surface area (Å²) in [5.41, 5.74) is -2.67. The van der Waals surface area contributed by atoms with Gasteiger partial charge in [0.2, 0.25) is 0 Å². The van der Waals surface area contributed by atoms with Crippen LogP contribution in [0.3, 0.4) is 0 Å². The number of hydrogen-bond donors (Lipinski definition) is 0. The van der Waals surface area contributed by atoms with E-state index < -0.39 is 300 Å². The van der Waals surface area contributed by atoms with Gasteiger partial charge in [-0.3, -0.25) is 57.5 Å². The molecule has 0 aromatic heterocycles. The van der Waals surface area contributed by atoms with Crippen molar-refractivity contribution >= 4 is 102 Å². The van der Waals surface area contributed by atoms with E-state index in [0.29, 0.717) is 93.3 Å². The second kappa shape index (κ2) is 34.5. The summed E-state index contributed by atoms with van der Waals surface area (Å²) in [6.07, 6.45) is -2.03. The third-order valence-corrected chi connectivity index (χ3v) is 36.5. The van der Waals surface area contributed by atoms with E-state index in [9.17, 15) is 123 Å². The van der Waals surface area contributed by atoms with E-state index in [2.05, 4.69) is 14.2 Å². The molecule has 0 radical (unpaired) electrons. The first-order valence-corrected chi connectivity index (χ1v) is 50.1. The number of ether oxygens (including phenoxy) is 15. The van der Waals surface area contributed by atoms with Crippen molar-refractivity contribution in [1.82, 2.24) is 0 Å². The van der Waals surface area contributed by atoms with Crippen molar-refractivity contribution in [2.45, 2.75) is 360 Å². The summed E-state index contributed by atoms with van der Waals surface area (Å²) in [6.45, 7) is 13.5. The van der Waals surface area contributed by atoms with Gasteiger partial charge < -0.3 is 84.7 Å². The third-order valence-electron chi connectivity index (χ3n) is 33.6. The summed E-state index contributed by atoms with van der Waals surface area (Å²) >= 11 is 0. The van der Waals surface area contributed by atoms with Crippen LogP contribution in [0, 0.1) is 105 Å². The Morgan fingerprint density at radius 3 is 0.856 bits per heavy atom. The van der Waals surface area contributed by atoms with E-state index in [-0.39, 0.29) is 16.2 Å². The summed E-state index contributed by atoms with van der Waals surface area (Å²) in [7, 11) is -18.3. The largest absolute Gasteiger partial charge is 0.743 e. The minimum Gasteiger partial charge on any atom is -0.743 e. The zero-order valence-electron chi connectivity index (χ0n) is 74.1. The number of rotatable bonds is 33. The average Bonchev–Trinajstić information content (AvgIpc) is 1.68. The highest BCUT2D eigenvalue weighted by Gasteiger charge is 2.77. The van der Waals surface area contributed by atoms with Crippen LogP contribution in [0.4, 0.5) is 26.3 Å². The fourth-order valence-corrected chi connectivity index (χ4v) is 29.5. The van der Waals surface area contributed by atoms with Crippen LogP contribution in [0.25, 0.3) is 0 Å². The van der Waals surface area contributed by atoms with Crippen LogP contribution in [0.2, 0.25) is 0 Å². The molecule has 0 aromatic rings. The molecule has 0 spiro atoms. The Bertz CT molecular complexity index is 4890. The predicted octanol–water partition coefficient (Wildman–Crippen LogP) is 7.85. The molecule has 0 amide bonds. The van der Waals surface area contributed by atoms with Gasteiger partial charge in [0.1, 0.15) is 88.9 Å². The molecule has 0 N–H and O–H groups in total. The molecule has 9 aliphatic heterocycles. The highest BCUT2D eigenvalue weighted by Crippen LogP contribution is 2.70. The molecule has 12 saturated carbocycles. The standard InChI is InChI=1S/C30H40F2O12S.C29H38F2O12S.C28H36F2O12S/c1-4-29(5-2,28-11-15-8-16(12-28)10-17(9-15)13-28)44-27(36)21-20-22-25(43-26(20)35)24(23(21)42-22)41-19(34)7-6-18(33)40-14(3)30(31,32)45(37,38)39;1-4-27(3,28-10-14-7-15(11-28)9-16(8-14)12-28)43-26(35)20-19-21-24(42-25(19)34)23(22(20)41-21)40-18(33)6-5-17(32)39-13(2)29(30,31)44(36,37)38;1-12(28(29,30)43(35,36)37)38-16(31)4-5-17(32)39-22-21-19(18-20(40-21)23(22)41-24(18)33)25(34)42-26(2,3)27-9-13-6-14(10-27)8-15(7-13)11-27/h14-17,20-25H,4-13H2,1-3H3,(H,37,38,39);13-16,19-24H,4-12H2,1-3H3,(H,36,37,38);12-15,18-23H,4-11H2,1-3H3,(H,35,36,37)/p-3. The minimum absolute atomic E-state index is 0.127. The SMILES string of the molecule is CC(OC(=O)CCC(=O)OC1C2OC(=O)C3C2OC1C3C(=O)OC(C)(C)C12CC3CC(CC(C3)C1)C2)C(F)(F)S(=O)(=O)[O-].CCC(C)(OC(=O)C1C2OC3C(OC(=O)C31)C2OC(=O)CCC(=O)OC(C)C(F)(F)S(=O)(=O)[O-])C12CC3CC(CC(C3)C1)C2.CCC(CC)(OC(=O)C1C2OC3C(OC(=O)C31)C2OC(=O)CCC(=O)OC(C)C(F)(F)S(=O)(=O)[O-])C12CC3CC(CC(C3)C1)C2. The first kappa shape index (κ1) is 97.9. The molecular formula is C87H111F6O36S3-3. The second-order valence-corrected chi connectivity index (χ2v) is 45.9. The molecule has 9 saturated heterocycles. The van der Waals surface area contributed by atoms with Gasteiger partial charge in [0, 0.05) is 16.2 Å². The van der Waals surface area contributed by atoms with Gasteiger partial charge in [0.15, 0.2) is 85.3 Å². The lowest BCUT2D eigenvalue weighted by molar-refractivity contribution is -0.218. The molecule has 21 rings (SSSR count). The molecule has 22 atom stereocenters. The Balaban J connectivity index is 0.000000144. The van der Waals surface area contributed by atoms with Crippen LogP contribution in [-0.4, -0.2) is 235 Å². The third kappa shape index (κ3) is 16.9. The van der Waals surface area contributed by atoms with Gasteiger partial charge in [-0.2, -0.15) is 26.3 Å². The second-order valence-electron chi connectivity index (χ2n) is 41.5. The van der Waals surface area contributed by atoms with Crippen LogP contribution < -0.4 is 0 Å². The van der Waals surface area contributed by atoms with Crippen molar-refractivity contribution < 1.29 is 194 Å². The van der Waals surface area contributed by atoms with Gasteiger partial charge >= 0.3 is 87.4 Å². The number of alkyl halides is 6. The topological polar surface area (TPSA) is 515 Å². The van der Waals surface area contributed by atoms with Crippen molar-refractivity contribution in [2.24, 2.45) is 105 Å². The molecule has 21 fully saturated rings. The van der Waals surface area contributed by atoms with Crippen LogP contribution in [0.5, 0.6) is 0 Å². The quantitative estimate of drug-likeness (QED) is 0.0261. The monoisotopic (exact) mass is 1940 g/mol. The number of carbonyl (C=O) groups excluding carboxylic acids is 12. The van der Waals surface area contributed by atoms with Crippen molar-refractivity contribution in [3.8, 4) is 0 Å². The fourth-order valence-electron chi connectivity index (χ4n) is 28.1. The number of hydrogen-bond acceptors (Lipinski definition) is 36. The lowest BCUT2D eigenvalue weighted by Crippen LogP contribution is -2.60. The summed E-state index contributed by atoms with van der Waals surface area (Å²) in [5.74, 6) is -11.1. The summed E-state index contributed by atoms with van der Waals surface area (Å²) in [6, 6.07) is 0. The molecule has 45 heteroatoms. The molecule has 0 aromatic carbocycles. The first-order chi connectivity index (χ1) is 61.4. The highest BCUT2D eigenvalue weighted by molar-refractivity contribution is 7.87. The van der Waals surface area contributed by atoms with Crippen LogP contribution in [-0.2, 0) is 159 Å². The summed E-state index contributed by atoms with van der Waals surface area (Å²) < 4.78 is 261. The Morgan fingerprint density at radius 2 is 0.598 bits per heavy atom. The van der Waals surface area contributed by atoms with E-state index in [0.717, 1.165) is 57.8 Å². The van der Waals surface area contributed by atoms with Gasteiger partial charge in [-0.05, 0) is 230 Å². The van der Waals surface area contributed by atoms with Crippen molar-refractivity contribution in [3.63, 3.8) is 0 Å². The Morgan fingerprint density at radius 1 is 0.356 bits per heavy atom. The maximum Gasteiger partial charge on any atom is 0.369 e. The van der Waals surface area contributed by atoms with E-state index in [1.54, 1.807) is 0 Å². The number of halogens is 6. The maximum atomic E-state index is 14.1. The van der Waals surface area contributed by atoms with Crippen molar-refractivity contribution in [3.05, 3.63) is 0 Å². The molecular weight excluding hydrogens is 1830 g/mol. The summed E-state index contributed by atoms with van der Waals surface area (Å²) in [4.78, 5) is 154. The van der Waals surface area contributed by atoms with E-state index >= 15 is 0 Å². The maximum absolute atomic E-state index is 14.1. The fraction of sp³-hybridized carbons (Fsp3) is 0.862. The van der Waals surface area contributed by atoms with Crippen LogP contribution >= 0.6 is 0 Å². The van der Waals surface area contributed by atoms with Gasteiger partial charge in [0.05, 0.1) is 38.5 Å². The first-order valence-electron chi connectivity index (χ1n) is 45.9. The van der Waals surface area contributed by atoms with Crippen molar-refractivity contribution in [2.75, 3.05) is 0 Å². The van der Waals surface area contributed by atoms with E-state index in [1.165, 1.54) is 57.8 Å². The van der Waals surface area contributed by atoms with Gasteiger partial charge in [-0.25, -0.2) is 25.3 Å².